The Morgan fingerprint density at radius 2 is 1.56 bits per heavy atom. The average Bonchev–Trinajstić information content (AvgIpc) is 3.40. The number of nitrogens with zero attached hydrogens (tertiary/aromatic N) is 7. The van der Waals surface area contributed by atoms with Crippen molar-refractivity contribution in [3.05, 3.63) is 95.8 Å². The zero-order valence-corrected chi connectivity index (χ0v) is 24.3. The van der Waals surface area contributed by atoms with Gasteiger partial charge in [0.25, 0.3) is 0 Å². The summed E-state index contributed by atoms with van der Waals surface area (Å²) in [6.07, 6.45) is 0.662. The summed E-state index contributed by atoms with van der Waals surface area (Å²) < 4.78 is 2.08. The minimum atomic E-state index is -0.630. The smallest absolute Gasteiger partial charge is 0.170 e. The number of fused-ring (bicyclic) bond motifs is 1. The summed E-state index contributed by atoms with van der Waals surface area (Å²) in [5.74, 6) is 1.47. The Morgan fingerprint density at radius 1 is 0.878 bits per heavy atom. The molecule has 1 fully saturated rings. The van der Waals surface area contributed by atoms with Crippen LogP contribution in [0.5, 0.6) is 0 Å². The van der Waals surface area contributed by atoms with E-state index in [0.717, 1.165) is 65.2 Å². The first-order valence-corrected chi connectivity index (χ1v) is 14.3. The largest absolute Gasteiger partial charge is 0.390 e. The van der Waals surface area contributed by atoms with E-state index in [2.05, 4.69) is 51.6 Å². The molecule has 1 aliphatic heterocycles. The van der Waals surface area contributed by atoms with Crippen molar-refractivity contribution in [2.24, 2.45) is 0 Å². The highest BCUT2D eigenvalue weighted by Crippen LogP contribution is 2.33. The molecule has 9 heteroatoms. The summed E-state index contributed by atoms with van der Waals surface area (Å²) in [6.45, 7) is 7.14. The number of rotatable bonds is 7. The fraction of sp³-hybridized carbons (Fsp3) is 0.281. The molecule has 3 heterocycles. The molecular formula is C32H34ClN7O. The summed E-state index contributed by atoms with van der Waals surface area (Å²) in [5, 5.41) is 11.8. The quantitative estimate of drug-likeness (QED) is 0.282. The lowest BCUT2D eigenvalue weighted by Crippen LogP contribution is -2.59. The highest BCUT2D eigenvalue weighted by molar-refractivity contribution is 6.31. The van der Waals surface area contributed by atoms with Gasteiger partial charge in [-0.15, -0.1) is 0 Å². The maximum absolute atomic E-state index is 11.1. The summed E-state index contributed by atoms with van der Waals surface area (Å²) in [6, 6.07) is 26.3. The fourth-order valence-electron chi connectivity index (χ4n) is 5.91. The third-order valence-corrected chi connectivity index (χ3v) is 8.31. The van der Waals surface area contributed by atoms with Gasteiger partial charge in [0, 0.05) is 55.2 Å². The van der Waals surface area contributed by atoms with Crippen LogP contribution in [0.15, 0.2) is 85.2 Å². The SMILES string of the molecule is Cc1c(Cl)cccc1N1CCN(C(C(C)O)N(C)c2ncnc3c2nc(-c2ccccc2)n3-c2ccccc2)CC1. The van der Waals surface area contributed by atoms with Crippen molar-refractivity contribution in [2.45, 2.75) is 26.1 Å². The second kappa shape index (κ2) is 11.5. The van der Waals surface area contributed by atoms with Crippen LogP contribution >= 0.6 is 11.6 Å². The zero-order chi connectivity index (χ0) is 28.5. The van der Waals surface area contributed by atoms with Gasteiger partial charge in [-0.2, -0.15) is 0 Å². The van der Waals surface area contributed by atoms with Crippen molar-refractivity contribution >= 4 is 34.3 Å². The highest BCUT2D eigenvalue weighted by atomic mass is 35.5. The van der Waals surface area contributed by atoms with E-state index in [0.29, 0.717) is 11.3 Å². The topological polar surface area (TPSA) is 73.6 Å². The lowest BCUT2D eigenvalue weighted by Gasteiger charge is -2.45. The van der Waals surface area contributed by atoms with Gasteiger partial charge in [-0.25, -0.2) is 15.0 Å². The van der Waals surface area contributed by atoms with Crippen molar-refractivity contribution in [3.63, 3.8) is 0 Å². The third kappa shape index (κ3) is 5.14. The lowest BCUT2D eigenvalue weighted by molar-refractivity contribution is 0.0572. The summed E-state index contributed by atoms with van der Waals surface area (Å²) >= 11 is 6.41. The second-order valence-corrected chi connectivity index (χ2v) is 10.9. The van der Waals surface area contributed by atoms with Gasteiger partial charge < -0.3 is 14.9 Å². The predicted molar refractivity (Wildman–Crippen MR) is 166 cm³/mol. The lowest BCUT2D eigenvalue weighted by atomic mass is 10.1. The van der Waals surface area contributed by atoms with Gasteiger partial charge in [-0.1, -0.05) is 66.2 Å². The third-order valence-electron chi connectivity index (χ3n) is 7.90. The van der Waals surface area contributed by atoms with Gasteiger partial charge in [0.05, 0.1) is 6.10 Å². The number of anilines is 2. The minimum Gasteiger partial charge on any atom is -0.390 e. The average molecular weight is 568 g/mol. The zero-order valence-electron chi connectivity index (χ0n) is 23.5. The molecule has 3 aromatic carbocycles. The predicted octanol–water partition coefficient (Wildman–Crippen LogP) is 5.41. The van der Waals surface area contributed by atoms with Gasteiger partial charge in [0.15, 0.2) is 17.0 Å². The van der Waals surface area contributed by atoms with Crippen LogP contribution in [-0.2, 0) is 0 Å². The van der Waals surface area contributed by atoms with Crippen molar-refractivity contribution < 1.29 is 5.11 Å². The molecule has 210 valence electrons. The molecule has 6 rings (SSSR count). The Balaban J connectivity index is 1.35. The van der Waals surface area contributed by atoms with Crippen LogP contribution in [0.3, 0.4) is 0 Å². The first-order valence-electron chi connectivity index (χ1n) is 13.9. The van der Waals surface area contributed by atoms with Crippen molar-refractivity contribution in [1.82, 2.24) is 24.4 Å². The summed E-state index contributed by atoms with van der Waals surface area (Å²) in [7, 11) is 1.98. The Hall–Kier alpha value is -3.98. The van der Waals surface area contributed by atoms with Crippen LogP contribution < -0.4 is 9.80 Å². The van der Waals surface area contributed by atoms with E-state index in [9.17, 15) is 5.11 Å². The first-order chi connectivity index (χ1) is 19.9. The van der Waals surface area contributed by atoms with E-state index in [1.807, 2.05) is 67.4 Å². The molecule has 5 aromatic rings. The van der Waals surface area contributed by atoms with Crippen molar-refractivity contribution in [3.8, 4) is 17.1 Å². The van der Waals surface area contributed by atoms with Gasteiger partial charge in [0.1, 0.15) is 18.3 Å². The Kier molecular flexibility index (Phi) is 7.62. The fourth-order valence-corrected chi connectivity index (χ4v) is 6.08. The molecule has 0 aliphatic carbocycles. The molecule has 0 saturated carbocycles. The number of hydrogen-bond donors (Lipinski definition) is 1. The number of likely N-dealkylation sites (N-methyl/N-ethyl adjacent to an activating group) is 1. The van der Waals surface area contributed by atoms with Crippen LogP contribution in [0.2, 0.25) is 5.02 Å². The molecule has 8 nitrogen and oxygen atoms in total. The van der Waals surface area contributed by atoms with E-state index in [4.69, 9.17) is 26.6 Å². The molecular weight excluding hydrogens is 534 g/mol. The number of hydrogen-bond acceptors (Lipinski definition) is 7. The normalized spacial score (nSPS) is 15.7. The van der Waals surface area contributed by atoms with Gasteiger partial charge in [0.2, 0.25) is 0 Å². The number of imidazole rings is 1. The first kappa shape index (κ1) is 27.2. The Labute approximate surface area is 245 Å². The molecule has 0 amide bonds. The van der Waals surface area contributed by atoms with E-state index in [1.165, 1.54) is 0 Å². The molecule has 41 heavy (non-hydrogen) atoms. The molecule has 0 radical (unpaired) electrons. The van der Waals surface area contributed by atoms with Crippen LogP contribution in [0, 0.1) is 6.92 Å². The van der Waals surface area contributed by atoms with E-state index in [1.54, 1.807) is 6.33 Å². The molecule has 0 spiro atoms. The maximum Gasteiger partial charge on any atom is 0.170 e. The maximum atomic E-state index is 11.1. The van der Waals surface area contributed by atoms with Crippen molar-refractivity contribution in [2.75, 3.05) is 43.0 Å². The van der Waals surface area contributed by atoms with Crippen LogP contribution in [0.4, 0.5) is 11.5 Å². The number of benzene rings is 3. The molecule has 0 bridgehead atoms. The molecule has 1 saturated heterocycles. The number of aliphatic hydroxyl groups is 1. The Morgan fingerprint density at radius 3 is 2.24 bits per heavy atom. The minimum absolute atomic E-state index is 0.294. The van der Waals surface area contributed by atoms with Crippen LogP contribution in [0.1, 0.15) is 12.5 Å². The highest BCUT2D eigenvalue weighted by Gasteiger charge is 2.33. The second-order valence-electron chi connectivity index (χ2n) is 10.5. The molecule has 1 aliphatic rings. The standard InChI is InChI=1S/C32H34ClN7O/c1-22-26(33)15-10-16-27(22)38-17-19-39(20-18-38)32(23(2)41)37(3)30-28-31(35-21-34-30)40(25-13-8-5-9-14-25)29(36-28)24-11-6-4-7-12-24/h4-16,21,23,32,41H,17-20H2,1-3H3. The van der Waals surface area contributed by atoms with Crippen molar-refractivity contribution in [1.29, 1.82) is 0 Å². The number of aliphatic hydroxyl groups excluding tert-OH is 1. The van der Waals surface area contributed by atoms with Gasteiger partial charge >= 0.3 is 0 Å². The molecule has 2 aromatic heterocycles. The van der Waals surface area contributed by atoms with E-state index < -0.39 is 6.10 Å². The number of piperazine rings is 1. The summed E-state index contributed by atoms with van der Waals surface area (Å²) in [5.41, 5.74) is 5.63. The number of para-hydroxylation sites is 1. The summed E-state index contributed by atoms with van der Waals surface area (Å²) in [4.78, 5) is 21.2. The van der Waals surface area contributed by atoms with E-state index in [-0.39, 0.29) is 6.17 Å². The molecule has 2 unspecified atom stereocenters. The molecule has 1 N–H and O–H groups in total. The van der Waals surface area contributed by atoms with Crippen LogP contribution in [0.25, 0.3) is 28.2 Å². The van der Waals surface area contributed by atoms with Gasteiger partial charge in [-0.3, -0.25) is 9.47 Å². The number of aromatic nitrogens is 4. The molecule has 2 atom stereocenters. The van der Waals surface area contributed by atoms with E-state index >= 15 is 0 Å². The van der Waals surface area contributed by atoms with Crippen LogP contribution in [-0.4, -0.2) is 75.0 Å². The number of halogens is 1. The Bertz CT molecular complexity index is 1630. The van der Waals surface area contributed by atoms with Gasteiger partial charge in [-0.05, 0) is 43.7 Å². The monoisotopic (exact) mass is 567 g/mol.